The number of anilines is 1. The van der Waals surface area contributed by atoms with Crippen molar-refractivity contribution < 1.29 is 9.32 Å². The predicted molar refractivity (Wildman–Crippen MR) is 88.6 cm³/mol. The third kappa shape index (κ3) is 2.61. The van der Waals surface area contributed by atoms with Crippen LogP contribution in [0.5, 0.6) is 0 Å². The van der Waals surface area contributed by atoms with Crippen molar-refractivity contribution in [2.24, 2.45) is 0 Å². The Hall–Kier alpha value is -2.60. The van der Waals surface area contributed by atoms with Crippen molar-refractivity contribution in [1.29, 1.82) is 0 Å². The van der Waals surface area contributed by atoms with Gasteiger partial charge in [-0.2, -0.15) is 4.98 Å². The van der Waals surface area contributed by atoms with Crippen LogP contribution >= 0.6 is 11.8 Å². The minimum atomic E-state index is 0.0115. The number of hydrogen-bond donors (Lipinski definition) is 0. The molecule has 6 heteroatoms. The Morgan fingerprint density at radius 3 is 2.74 bits per heavy atom. The van der Waals surface area contributed by atoms with Crippen LogP contribution in [-0.4, -0.2) is 28.3 Å². The number of nitrogens with zero attached hydrogens (tertiary/aromatic N) is 3. The highest BCUT2D eigenvalue weighted by molar-refractivity contribution is 7.99. The first-order chi connectivity index (χ1) is 11.3. The molecule has 0 aliphatic carbocycles. The van der Waals surface area contributed by atoms with Crippen LogP contribution in [0.4, 0.5) is 5.69 Å². The molecule has 0 saturated heterocycles. The van der Waals surface area contributed by atoms with Crippen molar-refractivity contribution >= 4 is 23.4 Å². The van der Waals surface area contributed by atoms with Crippen LogP contribution in [-0.2, 0) is 0 Å². The molecule has 4 rings (SSSR count). The lowest BCUT2D eigenvalue weighted by Gasteiger charge is -2.29. The standard InChI is InChI=1S/C17H13N3O2S/c21-17(20-9-10-23-15-4-2-1-3-14(15)20)13-7-5-12(6-8-13)16-18-11-22-19-16/h1-8,11H,9-10H2. The highest BCUT2D eigenvalue weighted by Crippen LogP contribution is 2.35. The van der Waals surface area contributed by atoms with Crippen LogP contribution < -0.4 is 4.90 Å². The molecule has 114 valence electrons. The number of benzene rings is 2. The summed E-state index contributed by atoms with van der Waals surface area (Å²) in [5.41, 5.74) is 2.46. The molecule has 2 heterocycles. The van der Waals surface area contributed by atoms with Gasteiger partial charge in [0.05, 0.1) is 5.69 Å². The van der Waals surface area contributed by atoms with Crippen LogP contribution in [0.2, 0.25) is 0 Å². The molecule has 0 radical (unpaired) electrons. The van der Waals surface area contributed by atoms with Crippen molar-refractivity contribution in [3.63, 3.8) is 0 Å². The first kappa shape index (κ1) is 14.0. The van der Waals surface area contributed by atoms with E-state index in [0.717, 1.165) is 21.9 Å². The monoisotopic (exact) mass is 323 g/mol. The molecule has 0 fully saturated rings. The van der Waals surface area contributed by atoms with Crippen molar-refractivity contribution in [3.8, 4) is 11.4 Å². The van der Waals surface area contributed by atoms with E-state index >= 15 is 0 Å². The molecule has 23 heavy (non-hydrogen) atoms. The Balaban J connectivity index is 1.63. The number of carbonyl (C=O) groups is 1. The van der Waals surface area contributed by atoms with Crippen molar-refractivity contribution in [3.05, 3.63) is 60.5 Å². The molecule has 0 unspecified atom stereocenters. The van der Waals surface area contributed by atoms with Gasteiger partial charge in [-0.15, -0.1) is 11.8 Å². The lowest BCUT2D eigenvalue weighted by atomic mass is 10.1. The fraction of sp³-hybridized carbons (Fsp3) is 0.118. The predicted octanol–water partition coefficient (Wildman–Crippen LogP) is 3.49. The van der Waals surface area contributed by atoms with E-state index in [1.807, 2.05) is 35.2 Å². The summed E-state index contributed by atoms with van der Waals surface area (Å²) in [7, 11) is 0. The Labute approximate surface area is 137 Å². The van der Waals surface area contributed by atoms with E-state index in [4.69, 9.17) is 4.52 Å². The molecular weight excluding hydrogens is 310 g/mol. The van der Waals surface area contributed by atoms with Gasteiger partial charge in [0.15, 0.2) is 0 Å². The third-order valence-corrected chi connectivity index (χ3v) is 4.77. The summed E-state index contributed by atoms with van der Waals surface area (Å²) in [6, 6.07) is 15.3. The van der Waals surface area contributed by atoms with E-state index in [-0.39, 0.29) is 5.91 Å². The molecule has 1 aliphatic heterocycles. The molecule has 0 atom stereocenters. The zero-order chi connectivity index (χ0) is 15.6. The summed E-state index contributed by atoms with van der Waals surface area (Å²) >= 11 is 1.78. The van der Waals surface area contributed by atoms with Crippen LogP contribution in [0.25, 0.3) is 11.4 Å². The fourth-order valence-electron chi connectivity index (χ4n) is 2.60. The van der Waals surface area contributed by atoms with Crippen LogP contribution in [0, 0.1) is 0 Å². The van der Waals surface area contributed by atoms with Gasteiger partial charge in [-0.05, 0) is 24.3 Å². The van der Waals surface area contributed by atoms with E-state index < -0.39 is 0 Å². The van der Waals surface area contributed by atoms with Gasteiger partial charge < -0.3 is 9.42 Å². The van der Waals surface area contributed by atoms with E-state index in [1.165, 1.54) is 6.39 Å². The molecule has 0 saturated carbocycles. The number of thioether (sulfide) groups is 1. The number of rotatable bonds is 2. The number of hydrogen-bond acceptors (Lipinski definition) is 5. The second kappa shape index (κ2) is 5.89. The molecule has 0 N–H and O–H groups in total. The van der Waals surface area contributed by atoms with Gasteiger partial charge in [-0.25, -0.2) is 0 Å². The van der Waals surface area contributed by atoms with Crippen LogP contribution in [0.3, 0.4) is 0 Å². The summed E-state index contributed by atoms with van der Waals surface area (Å²) in [5, 5.41) is 3.80. The second-order valence-electron chi connectivity index (χ2n) is 5.11. The number of carbonyl (C=O) groups excluding carboxylic acids is 1. The normalized spacial score (nSPS) is 13.7. The molecule has 1 aromatic heterocycles. The lowest BCUT2D eigenvalue weighted by Crippen LogP contribution is -2.35. The minimum Gasteiger partial charge on any atom is -0.342 e. The van der Waals surface area contributed by atoms with Gasteiger partial charge in [0.25, 0.3) is 5.91 Å². The van der Waals surface area contributed by atoms with Gasteiger partial charge >= 0.3 is 0 Å². The number of para-hydroxylation sites is 1. The average Bonchev–Trinajstić information content (AvgIpc) is 3.15. The first-order valence-electron chi connectivity index (χ1n) is 7.23. The fourth-order valence-corrected chi connectivity index (χ4v) is 3.59. The largest absolute Gasteiger partial charge is 0.342 e. The van der Waals surface area contributed by atoms with E-state index in [2.05, 4.69) is 16.2 Å². The van der Waals surface area contributed by atoms with Crippen molar-refractivity contribution in [2.75, 3.05) is 17.2 Å². The lowest BCUT2D eigenvalue weighted by molar-refractivity contribution is 0.0987. The molecule has 1 aliphatic rings. The van der Waals surface area contributed by atoms with Gasteiger partial charge in [-0.3, -0.25) is 4.79 Å². The van der Waals surface area contributed by atoms with Crippen molar-refractivity contribution in [1.82, 2.24) is 10.1 Å². The van der Waals surface area contributed by atoms with Gasteiger partial charge in [0.2, 0.25) is 12.2 Å². The maximum absolute atomic E-state index is 12.8. The maximum atomic E-state index is 12.8. The molecule has 0 bridgehead atoms. The smallest absolute Gasteiger partial charge is 0.258 e. The Morgan fingerprint density at radius 2 is 1.96 bits per heavy atom. The van der Waals surface area contributed by atoms with Crippen LogP contribution in [0.15, 0.2) is 64.3 Å². The molecule has 3 aromatic rings. The van der Waals surface area contributed by atoms with E-state index in [9.17, 15) is 4.79 Å². The highest BCUT2D eigenvalue weighted by atomic mass is 32.2. The maximum Gasteiger partial charge on any atom is 0.258 e. The molecule has 1 amide bonds. The summed E-state index contributed by atoms with van der Waals surface area (Å²) in [4.78, 5) is 19.8. The quantitative estimate of drug-likeness (QED) is 0.722. The van der Waals surface area contributed by atoms with Gasteiger partial charge in [0, 0.05) is 28.3 Å². The summed E-state index contributed by atoms with van der Waals surface area (Å²) in [6.45, 7) is 0.715. The minimum absolute atomic E-state index is 0.0115. The number of aromatic nitrogens is 2. The zero-order valence-corrected chi connectivity index (χ0v) is 13.0. The Morgan fingerprint density at radius 1 is 1.13 bits per heavy atom. The molecule has 0 spiro atoms. The van der Waals surface area contributed by atoms with Crippen LogP contribution in [0.1, 0.15) is 10.4 Å². The summed E-state index contributed by atoms with van der Waals surface area (Å²) in [5.74, 6) is 1.44. The first-order valence-corrected chi connectivity index (χ1v) is 8.22. The van der Waals surface area contributed by atoms with Gasteiger partial charge in [0.1, 0.15) is 0 Å². The van der Waals surface area contributed by atoms with Gasteiger partial charge in [-0.1, -0.05) is 29.4 Å². The third-order valence-electron chi connectivity index (χ3n) is 3.73. The topological polar surface area (TPSA) is 59.2 Å². The second-order valence-corrected chi connectivity index (χ2v) is 6.24. The van der Waals surface area contributed by atoms with E-state index in [0.29, 0.717) is 17.9 Å². The molecular formula is C17H13N3O2S. The summed E-state index contributed by atoms with van der Waals surface area (Å²) in [6.07, 6.45) is 1.29. The average molecular weight is 323 g/mol. The summed E-state index contributed by atoms with van der Waals surface area (Å²) < 4.78 is 4.74. The SMILES string of the molecule is O=C(c1ccc(-c2ncon2)cc1)N1CCSc2ccccc21. The Kier molecular flexibility index (Phi) is 3.59. The molecule has 2 aromatic carbocycles. The van der Waals surface area contributed by atoms with Crippen molar-refractivity contribution in [2.45, 2.75) is 4.90 Å². The number of fused-ring (bicyclic) bond motifs is 1. The number of amides is 1. The van der Waals surface area contributed by atoms with E-state index in [1.54, 1.807) is 23.9 Å². The highest BCUT2D eigenvalue weighted by Gasteiger charge is 2.23. The molecule has 5 nitrogen and oxygen atoms in total. The zero-order valence-electron chi connectivity index (χ0n) is 12.2. The Bertz CT molecular complexity index is 831.